The summed E-state index contributed by atoms with van der Waals surface area (Å²) < 4.78 is 12.8. The molecule has 7 nitrogen and oxygen atoms in total. The number of hydrogen-bond donors (Lipinski definition) is 1. The van der Waals surface area contributed by atoms with Gasteiger partial charge in [0.2, 0.25) is 0 Å². The van der Waals surface area contributed by atoms with Crippen molar-refractivity contribution < 1.29 is 24.2 Å². The second-order valence-corrected chi connectivity index (χ2v) is 10.9. The Bertz CT molecular complexity index is 1460. The summed E-state index contributed by atoms with van der Waals surface area (Å²) in [6.07, 6.45) is 1.63. The second-order valence-electron chi connectivity index (χ2n) is 9.81. The quantitative estimate of drug-likeness (QED) is 0.221. The van der Waals surface area contributed by atoms with E-state index in [4.69, 9.17) is 9.47 Å². The van der Waals surface area contributed by atoms with Crippen LogP contribution >= 0.6 is 11.8 Å². The van der Waals surface area contributed by atoms with Gasteiger partial charge in [-0.05, 0) is 41.0 Å². The van der Waals surface area contributed by atoms with E-state index in [2.05, 4.69) is 4.98 Å². The van der Waals surface area contributed by atoms with Crippen molar-refractivity contribution in [1.82, 2.24) is 9.88 Å². The van der Waals surface area contributed by atoms with Gasteiger partial charge < -0.3 is 14.6 Å². The van der Waals surface area contributed by atoms with Gasteiger partial charge in [0.25, 0.3) is 11.8 Å². The van der Waals surface area contributed by atoms with Crippen molar-refractivity contribution >= 4 is 23.6 Å². The number of ether oxygens (including phenoxy) is 2. The topological polar surface area (TPSA) is 89.0 Å². The van der Waals surface area contributed by atoms with Gasteiger partial charge in [0.05, 0.1) is 41.5 Å². The van der Waals surface area contributed by atoms with Crippen LogP contribution in [0.1, 0.15) is 61.8 Å². The van der Waals surface area contributed by atoms with E-state index >= 15 is 0 Å². The predicted molar refractivity (Wildman–Crippen MR) is 150 cm³/mol. The Hall–Kier alpha value is -3.82. The van der Waals surface area contributed by atoms with Crippen LogP contribution in [0.3, 0.4) is 0 Å². The molecule has 1 saturated heterocycles. The molecule has 6 rings (SSSR count). The zero-order chi connectivity index (χ0) is 27.5. The predicted octanol–water partition coefficient (Wildman–Crippen LogP) is 5.71. The Morgan fingerprint density at radius 2 is 1.45 bits per heavy atom. The molecule has 0 spiro atoms. The average Bonchev–Trinajstić information content (AvgIpc) is 3.25. The molecule has 3 atom stereocenters. The van der Waals surface area contributed by atoms with Crippen LogP contribution in [0, 0.1) is 0 Å². The van der Waals surface area contributed by atoms with Gasteiger partial charge in [-0.3, -0.25) is 14.5 Å². The maximum atomic E-state index is 12.8. The van der Waals surface area contributed by atoms with E-state index in [0.717, 1.165) is 33.0 Å². The fraction of sp³-hybridized carbons (Fsp3) is 0.219. The van der Waals surface area contributed by atoms with E-state index < -0.39 is 6.29 Å². The van der Waals surface area contributed by atoms with E-state index in [1.165, 1.54) is 4.90 Å². The number of hydrogen-bond acceptors (Lipinski definition) is 7. The molecule has 0 unspecified atom stereocenters. The van der Waals surface area contributed by atoms with Gasteiger partial charge in [0, 0.05) is 23.9 Å². The third kappa shape index (κ3) is 5.57. The summed E-state index contributed by atoms with van der Waals surface area (Å²) >= 11 is 1.65. The number of fused-ring (bicyclic) bond motifs is 1. The number of aromatic nitrogens is 1. The third-order valence-electron chi connectivity index (χ3n) is 7.14. The van der Waals surface area contributed by atoms with Crippen molar-refractivity contribution in [1.29, 1.82) is 0 Å². The molecule has 1 fully saturated rings. The van der Waals surface area contributed by atoms with Crippen LogP contribution in [0.15, 0.2) is 102 Å². The number of aliphatic hydroxyl groups is 1. The number of nitrogens with zero attached hydrogens (tertiary/aromatic N) is 2. The molecule has 4 aromatic rings. The Balaban J connectivity index is 1.18. The highest BCUT2D eigenvalue weighted by atomic mass is 32.2. The monoisotopic (exact) mass is 552 g/mol. The van der Waals surface area contributed by atoms with Crippen LogP contribution in [0.5, 0.6) is 0 Å². The number of imide groups is 1. The highest BCUT2D eigenvalue weighted by Gasteiger charge is 2.35. The lowest BCUT2D eigenvalue weighted by molar-refractivity contribution is -0.245. The van der Waals surface area contributed by atoms with Gasteiger partial charge in [0.1, 0.15) is 0 Å². The number of carbonyl (C=O) groups is 2. The highest BCUT2D eigenvalue weighted by Crippen LogP contribution is 2.39. The number of thioether (sulfide) groups is 1. The summed E-state index contributed by atoms with van der Waals surface area (Å²) in [5.41, 5.74) is 4.47. The lowest BCUT2D eigenvalue weighted by Gasteiger charge is -2.36. The second kappa shape index (κ2) is 11.7. The van der Waals surface area contributed by atoms with Crippen LogP contribution < -0.4 is 0 Å². The number of pyridine rings is 1. The molecule has 3 aromatic carbocycles. The maximum absolute atomic E-state index is 12.8. The van der Waals surface area contributed by atoms with Crippen LogP contribution in [0.2, 0.25) is 0 Å². The number of carbonyl (C=O) groups excluding carboxylic acids is 2. The van der Waals surface area contributed by atoms with Crippen molar-refractivity contribution in [3.05, 3.63) is 131 Å². The smallest absolute Gasteiger partial charge is 0.261 e. The lowest BCUT2D eigenvalue weighted by Crippen LogP contribution is -2.31. The van der Waals surface area contributed by atoms with Crippen molar-refractivity contribution in [3.8, 4) is 0 Å². The number of rotatable bonds is 8. The minimum absolute atomic E-state index is 0.00601. The third-order valence-corrected chi connectivity index (χ3v) is 8.22. The van der Waals surface area contributed by atoms with Crippen LogP contribution in [-0.4, -0.2) is 38.7 Å². The first-order valence-electron chi connectivity index (χ1n) is 13.2. The molecule has 2 aliphatic heterocycles. The Kier molecular flexibility index (Phi) is 7.75. The molecule has 40 heavy (non-hydrogen) atoms. The Morgan fingerprint density at radius 1 is 0.800 bits per heavy atom. The number of benzene rings is 3. The number of amides is 2. The summed E-state index contributed by atoms with van der Waals surface area (Å²) in [4.78, 5) is 31.3. The van der Waals surface area contributed by atoms with E-state index in [9.17, 15) is 14.7 Å². The van der Waals surface area contributed by atoms with E-state index in [1.807, 2.05) is 66.7 Å². The molecule has 2 amide bonds. The van der Waals surface area contributed by atoms with Crippen LogP contribution in [0.4, 0.5) is 0 Å². The largest absolute Gasteiger partial charge is 0.392 e. The first kappa shape index (κ1) is 26.4. The van der Waals surface area contributed by atoms with E-state index in [0.29, 0.717) is 17.5 Å². The first-order valence-corrected chi connectivity index (χ1v) is 14.2. The normalized spacial score (nSPS) is 20.5. The molecule has 3 heterocycles. The molecule has 1 N–H and O–H groups in total. The zero-order valence-corrected chi connectivity index (χ0v) is 22.5. The summed E-state index contributed by atoms with van der Waals surface area (Å²) in [5.74, 6) is 0.179. The highest BCUT2D eigenvalue weighted by molar-refractivity contribution is 7.99. The molecule has 0 bridgehead atoms. The maximum Gasteiger partial charge on any atom is 0.261 e. The van der Waals surface area contributed by atoms with Crippen LogP contribution in [-0.2, 0) is 22.6 Å². The summed E-state index contributed by atoms with van der Waals surface area (Å²) in [5, 5.41) is 10.4. The molecule has 0 saturated carbocycles. The van der Waals surface area contributed by atoms with Crippen molar-refractivity contribution in [2.45, 2.75) is 43.1 Å². The molecule has 0 radical (unpaired) electrons. The fourth-order valence-electron chi connectivity index (χ4n) is 4.98. The molecule has 202 valence electrons. The molecule has 2 aliphatic rings. The van der Waals surface area contributed by atoms with Crippen molar-refractivity contribution in [2.75, 3.05) is 5.75 Å². The van der Waals surface area contributed by atoms with Gasteiger partial charge in [-0.1, -0.05) is 66.7 Å². The van der Waals surface area contributed by atoms with Gasteiger partial charge in [-0.25, -0.2) is 4.98 Å². The minimum Gasteiger partial charge on any atom is -0.392 e. The molecular weight excluding hydrogens is 524 g/mol. The first-order chi connectivity index (χ1) is 19.6. The number of aliphatic hydroxyl groups excluding tert-OH is 1. The summed E-state index contributed by atoms with van der Waals surface area (Å²) in [6.45, 7) is 0.191. The van der Waals surface area contributed by atoms with Gasteiger partial charge in [0.15, 0.2) is 6.29 Å². The molecular formula is C32H28N2O5S. The standard InChI is InChI=1S/C32H28N2O5S/c35-19-22-10-12-23(13-11-22)28-17-25(20-40-29-7-3-4-16-33-29)38-32(39-28)24-14-8-21(9-15-24)18-34-30(36)26-5-1-2-6-27(26)31(34)37/h1-16,25,28,32,35H,17-20H2/t25-,28+,32+/m1/s1. The summed E-state index contributed by atoms with van der Waals surface area (Å²) in [7, 11) is 0. The van der Waals surface area contributed by atoms with Gasteiger partial charge >= 0.3 is 0 Å². The Labute approximate surface area is 236 Å². The van der Waals surface area contributed by atoms with E-state index in [1.54, 1.807) is 42.2 Å². The molecule has 0 aliphatic carbocycles. The van der Waals surface area contributed by atoms with Crippen molar-refractivity contribution in [2.24, 2.45) is 0 Å². The Morgan fingerprint density at radius 3 is 2.10 bits per heavy atom. The van der Waals surface area contributed by atoms with Crippen molar-refractivity contribution in [3.63, 3.8) is 0 Å². The van der Waals surface area contributed by atoms with Crippen LogP contribution in [0.25, 0.3) is 0 Å². The summed E-state index contributed by atoms with van der Waals surface area (Å²) in [6, 6.07) is 28.2. The van der Waals surface area contributed by atoms with Gasteiger partial charge in [-0.2, -0.15) is 0 Å². The fourth-order valence-corrected chi connectivity index (χ4v) is 5.86. The average molecular weight is 553 g/mol. The SMILES string of the molecule is O=C1c2ccccc2C(=O)N1Cc1ccc([C@H]2O[C@@H](CSc3ccccn3)C[C@@H](c3ccc(CO)cc3)O2)cc1. The minimum atomic E-state index is -0.584. The lowest BCUT2D eigenvalue weighted by atomic mass is 10.0. The van der Waals surface area contributed by atoms with Gasteiger partial charge in [-0.15, -0.1) is 11.8 Å². The molecule has 8 heteroatoms. The molecule has 1 aromatic heterocycles. The zero-order valence-electron chi connectivity index (χ0n) is 21.7. The van der Waals surface area contributed by atoms with E-state index in [-0.39, 0.29) is 37.2 Å².